The summed E-state index contributed by atoms with van der Waals surface area (Å²) in [5, 5.41) is 0. The van der Waals surface area contributed by atoms with Crippen LogP contribution in [0.3, 0.4) is 0 Å². The summed E-state index contributed by atoms with van der Waals surface area (Å²) < 4.78 is 6.56. The van der Waals surface area contributed by atoms with Gasteiger partial charge in [-0.05, 0) is 0 Å². The molecule has 0 bridgehead atoms. The van der Waals surface area contributed by atoms with Crippen LogP contribution >= 0.6 is 32.1 Å². The number of unbranched alkanes of at least 4 members (excludes halogenated alkanes) is 4. The van der Waals surface area contributed by atoms with Crippen molar-refractivity contribution in [2.45, 2.75) is 96.5 Å². The molecule has 5 heteroatoms. The van der Waals surface area contributed by atoms with Crippen LogP contribution in [0.4, 0.5) is 0 Å². The van der Waals surface area contributed by atoms with Gasteiger partial charge in [-0.15, -0.1) is 0 Å². The van der Waals surface area contributed by atoms with E-state index < -0.39 is 6.83 Å². The Morgan fingerprint density at radius 3 is 1.44 bits per heavy atom. The predicted octanol–water partition coefficient (Wildman–Crippen LogP) is 7.16. The predicted molar refractivity (Wildman–Crippen MR) is 123 cm³/mol. The first-order valence-electron chi connectivity index (χ1n) is 10.5. The molecule has 0 saturated carbocycles. The van der Waals surface area contributed by atoms with Gasteiger partial charge >= 0.3 is 169 Å². The van der Waals surface area contributed by atoms with E-state index in [9.17, 15) is 4.79 Å². The molecular weight excluding hydrogens is 367 g/mol. The fraction of sp³-hybridized carbons (Fsp3) is 0.950. The van der Waals surface area contributed by atoms with E-state index in [2.05, 4.69) is 53.0 Å². The Bertz CT molecular complexity index is 318. The molecular formula is C20H43O2PS2. The van der Waals surface area contributed by atoms with Crippen LogP contribution in [0.15, 0.2) is 0 Å². The van der Waals surface area contributed by atoms with Gasteiger partial charge in [-0.3, -0.25) is 0 Å². The van der Waals surface area contributed by atoms with Crippen LogP contribution in [-0.4, -0.2) is 35.2 Å². The molecule has 0 atom stereocenters. The van der Waals surface area contributed by atoms with Crippen molar-refractivity contribution in [3.05, 3.63) is 0 Å². The number of rotatable bonds is 16. The van der Waals surface area contributed by atoms with Gasteiger partial charge in [0.05, 0.1) is 0 Å². The zero-order valence-corrected chi connectivity index (χ0v) is 19.8. The van der Waals surface area contributed by atoms with Crippen molar-refractivity contribution in [2.75, 3.05) is 24.6 Å². The zero-order valence-electron chi connectivity index (χ0n) is 17.1. The van der Waals surface area contributed by atoms with Gasteiger partial charge in [0.15, 0.2) is 0 Å². The molecule has 0 aliphatic carbocycles. The van der Waals surface area contributed by atoms with Gasteiger partial charge in [-0.2, -0.15) is 0 Å². The van der Waals surface area contributed by atoms with Gasteiger partial charge in [0.1, 0.15) is 0 Å². The van der Waals surface area contributed by atoms with Crippen LogP contribution in [0.25, 0.3) is 0 Å². The van der Waals surface area contributed by atoms with Crippen LogP contribution in [0, 0.1) is 0 Å². The molecule has 0 spiro atoms. The van der Waals surface area contributed by atoms with Crippen LogP contribution < -0.4 is 0 Å². The van der Waals surface area contributed by atoms with Crippen molar-refractivity contribution in [3.8, 4) is 0 Å². The first kappa shape index (κ1) is 25.6. The van der Waals surface area contributed by atoms with Gasteiger partial charge in [-0.1, -0.05) is 0 Å². The third kappa shape index (κ3) is 9.91. The van der Waals surface area contributed by atoms with Crippen molar-refractivity contribution in [2.24, 2.45) is 0 Å². The van der Waals surface area contributed by atoms with Crippen molar-refractivity contribution in [1.29, 1.82) is 0 Å². The summed E-state index contributed by atoms with van der Waals surface area (Å²) in [5.41, 5.74) is 0. The fourth-order valence-electron chi connectivity index (χ4n) is 3.67. The molecule has 0 aliphatic rings. The van der Waals surface area contributed by atoms with Gasteiger partial charge in [-0.25, -0.2) is 0 Å². The maximum atomic E-state index is 12.8. The third-order valence-electron chi connectivity index (χ3n) is 5.28. The van der Waals surface area contributed by atoms with Crippen LogP contribution in [0.1, 0.15) is 91.9 Å². The van der Waals surface area contributed by atoms with Crippen molar-refractivity contribution < 1.29 is 9.32 Å². The minimum atomic E-state index is -2.46. The summed E-state index contributed by atoms with van der Waals surface area (Å²) in [6.07, 6.45) is 15.1. The minimum absolute atomic E-state index is 0.00480. The number of carbonyl (C=O) groups excluding carboxylic acids is 1. The van der Waals surface area contributed by atoms with Gasteiger partial charge in [0.25, 0.3) is 0 Å². The molecule has 25 heavy (non-hydrogen) atoms. The number of hydrogen-bond donors (Lipinski definition) is 2. The number of hydrogen-bond acceptors (Lipinski definition) is 4. The second-order valence-electron chi connectivity index (χ2n) is 7.65. The average molecular weight is 411 g/mol. The van der Waals surface area contributed by atoms with Crippen LogP contribution in [0.2, 0.25) is 0 Å². The second-order valence-corrected chi connectivity index (χ2v) is 15.0. The summed E-state index contributed by atoms with van der Waals surface area (Å²) in [7, 11) is 0. The van der Waals surface area contributed by atoms with E-state index in [-0.39, 0.29) is 10.6 Å². The van der Waals surface area contributed by atoms with E-state index in [1.54, 1.807) is 0 Å². The first-order chi connectivity index (χ1) is 11.9. The molecule has 152 valence electrons. The summed E-state index contributed by atoms with van der Waals surface area (Å²) in [5.74, 6) is 0.00480. The molecule has 0 aromatic carbocycles. The Labute approximate surface area is 168 Å². The molecule has 0 heterocycles. The molecule has 2 nitrogen and oxygen atoms in total. The average Bonchev–Trinajstić information content (AvgIpc) is 2.60. The maximum absolute atomic E-state index is 12.8. The molecule has 0 unspecified atom stereocenters. The molecule has 0 aromatic rings. The summed E-state index contributed by atoms with van der Waals surface area (Å²) in [4.78, 5) is 12.8. The molecule has 0 fully saturated rings. The normalized spacial score (nSPS) is 13.6. The van der Waals surface area contributed by atoms with Crippen LogP contribution in [0.5, 0.6) is 0 Å². The van der Waals surface area contributed by atoms with E-state index in [0.717, 1.165) is 24.6 Å². The topological polar surface area (TPSA) is 26.3 Å². The molecule has 0 aliphatic heterocycles. The molecule has 0 saturated heterocycles. The Hall–Kier alpha value is 0.600. The van der Waals surface area contributed by atoms with E-state index in [0.29, 0.717) is 12.8 Å². The first-order valence-corrected chi connectivity index (χ1v) is 14.4. The van der Waals surface area contributed by atoms with Gasteiger partial charge in [0.2, 0.25) is 0 Å². The summed E-state index contributed by atoms with van der Waals surface area (Å²) in [6.45, 7) is 6.54. The second kappa shape index (κ2) is 13.7. The van der Waals surface area contributed by atoms with Crippen LogP contribution in [-0.2, 0) is 9.32 Å². The van der Waals surface area contributed by atoms with E-state index >= 15 is 0 Å². The van der Waals surface area contributed by atoms with Crippen molar-refractivity contribution in [1.82, 2.24) is 0 Å². The molecule has 0 aromatic heterocycles. The van der Waals surface area contributed by atoms with E-state index in [1.807, 2.05) is 0 Å². The molecule has 0 rings (SSSR count). The van der Waals surface area contributed by atoms with E-state index in [1.165, 1.54) is 51.4 Å². The number of thiol groups is 2. The molecule has 0 N–H and O–H groups in total. The third-order valence-corrected chi connectivity index (χ3v) is 12.3. The fourth-order valence-corrected chi connectivity index (χ4v) is 10.8. The zero-order chi connectivity index (χ0) is 19.2. The Morgan fingerprint density at radius 1 is 0.800 bits per heavy atom. The monoisotopic (exact) mass is 410 g/mol. The molecule has 0 radical (unpaired) electrons. The van der Waals surface area contributed by atoms with Gasteiger partial charge in [0, 0.05) is 0 Å². The summed E-state index contributed by atoms with van der Waals surface area (Å²) >= 11 is 8.60. The Balaban J connectivity index is 5.60. The Morgan fingerprint density at radius 2 is 1.16 bits per heavy atom. The Kier molecular flexibility index (Phi) is 14.1. The quantitative estimate of drug-likeness (QED) is 0.160. The molecule has 0 amide bonds. The number of carbonyl (C=O) groups is 1. The standard InChI is InChI=1S/C20H43O2PS2/c1-5-9-15-23(16-10-6-2,17-11-7-3,18-12-8-4)22-19(21)13-14-20(24)25/h20,24-25H,5-18H2,1-4H3. The van der Waals surface area contributed by atoms with Crippen molar-refractivity contribution >= 4 is 38.1 Å². The van der Waals surface area contributed by atoms with Gasteiger partial charge < -0.3 is 0 Å². The van der Waals surface area contributed by atoms with Crippen molar-refractivity contribution in [3.63, 3.8) is 0 Å². The van der Waals surface area contributed by atoms with E-state index in [4.69, 9.17) is 4.52 Å². The SMILES string of the molecule is CCCCP(CCCC)(CCCC)(CCCC)OC(=O)CCC(S)S. The summed E-state index contributed by atoms with van der Waals surface area (Å²) in [6, 6.07) is 0.